The highest BCUT2D eigenvalue weighted by atomic mass is 16.3. The lowest BCUT2D eigenvalue weighted by Gasteiger charge is -2.19. The summed E-state index contributed by atoms with van der Waals surface area (Å²) in [5, 5.41) is 2.79. The van der Waals surface area contributed by atoms with E-state index in [0.29, 0.717) is 17.3 Å². The number of carbonyl (C=O) groups is 1. The van der Waals surface area contributed by atoms with Crippen LogP contribution in [0.25, 0.3) is 6.08 Å². The van der Waals surface area contributed by atoms with Gasteiger partial charge < -0.3 is 9.73 Å². The highest BCUT2D eigenvalue weighted by Crippen LogP contribution is 2.23. The van der Waals surface area contributed by atoms with Gasteiger partial charge >= 0.3 is 0 Å². The average molecular weight is 294 g/mol. The smallest absolute Gasteiger partial charge is 0.275 e. The molecule has 0 saturated heterocycles. The van der Waals surface area contributed by atoms with Crippen molar-refractivity contribution < 1.29 is 9.21 Å². The van der Waals surface area contributed by atoms with E-state index in [-0.39, 0.29) is 11.3 Å². The van der Waals surface area contributed by atoms with Crippen LogP contribution < -0.4 is 5.32 Å². The number of benzene rings is 1. The first-order chi connectivity index (χ1) is 10.4. The number of amidine groups is 1. The zero-order valence-corrected chi connectivity index (χ0v) is 12.9. The van der Waals surface area contributed by atoms with Crippen molar-refractivity contribution in [2.45, 2.75) is 26.2 Å². The van der Waals surface area contributed by atoms with Gasteiger partial charge in [-0.15, -0.1) is 0 Å². The van der Waals surface area contributed by atoms with Crippen LogP contribution in [0.3, 0.4) is 0 Å². The molecule has 0 radical (unpaired) electrons. The molecule has 1 aromatic carbocycles. The molecule has 0 atom stereocenters. The van der Waals surface area contributed by atoms with Gasteiger partial charge in [0.05, 0.1) is 6.26 Å². The van der Waals surface area contributed by atoms with E-state index in [1.807, 2.05) is 12.1 Å². The summed E-state index contributed by atoms with van der Waals surface area (Å²) in [6.45, 7) is 6.50. The first-order valence-corrected chi connectivity index (χ1v) is 7.20. The summed E-state index contributed by atoms with van der Waals surface area (Å²) in [4.78, 5) is 16.3. The second kappa shape index (κ2) is 5.30. The molecule has 0 bridgehead atoms. The summed E-state index contributed by atoms with van der Waals surface area (Å²) in [5.74, 6) is 0.966. The molecule has 3 rings (SSSR count). The maximum absolute atomic E-state index is 12.0. The molecular formula is C18H18N2O2. The first kappa shape index (κ1) is 14.3. The molecule has 1 aromatic heterocycles. The molecule has 1 aliphatic rings. The van der Waals surface area contributed by atoms with Crippen LogP contribution in [0.2, 0.25) is 0 Å². The molecule has 1 aliphatic heterocycles. The molecule has 2 heterocycles. The Labute approximate surface area is 129 Å². The average Bonchev–Trinajstić information content (AvgIpc) is 3.09. The van der Waals surface area contributed by atoms with Crippen molar-refractivity contribution in [3.8, 4) is 0 Å². The number of carbonyl (C=O) groups excluding carboxylic acids is 1. The zero-order chi connectivity index (χ0) is 15.7. The number of amides is 1. The second-order valence-electron chi connectivity index (χ2n) is 6.29. The third-order valence-corrected chi connectivity index (χ3v) is 3.54. The van der Waals surface area contributed by atoms with E-state index in [2.05, 4.69) is 43.2 Å². The SMILES string of the molecule is CC(C)(C)c1ccc(C2=N/C(=C/c3ccco3)C(=O)N2)cc1. The largest absolute Gasteiger partial charge is 0.465 e. The van der Waals surface area contributed by atoms with Gasteiger partial charge in [0.25, 0.3) is 5.91 Å². The second-order valence-corrected chi connectivity index (χ2v) is 6.29. The minimum absolute atomic E-state index is 0.101. The van der Waals surface area contributed by atoms with Gasteiger partial charge in [0.2, 0.25) is 0 Å². The molecule has 22 heavy (non-hydrogen) atoms. The Morgan fingerprint density at radius 1 is 1.14 bits per heavy atom. The normalized spacial score (nSPS) is 16.8. The lowest BCUT2D eigenvalue weighted by molar-refractivity contribution is -0.115. The Balaban J connectivity index is 1.88. The Morgan fingerprint density at radius 2 is 1.86 bits per heavy atom. The molecular weight excluding hydrogens is 276 g/mol. The van der Waals surface area contributed by atoms with Crippen LogP contribution in [0.1, 0.15) is 37.7 Å². The van der Waals surface area contributed by atoms with Gasteiger partial charge in [0.15, 0.2) is 0 Å². The quantitative estimate of drug-likeness (QED) is 0.862. The number of aliphatic imine (C=N–C) groups is 1. The number of hydrogen-bond donors (Lipinski definition) is 1. The summed E-state index contributed by atoms with van der Waals surface area (Å²) in [7, 11) is 0. The fourth-order valence-electron chi connectivity index (χ4n) is 2.24. The number of nitrogens with one attached hydrogen (secondary N) is 1. The van der Waals surface area contributed by atoms with Crippen molar-refractivity contribution in [1.29, 1.82) is 0 Å². The van der Waals surface area contributed by atoms with Gasteiger partial charge in [-0.1, -0.05) is 45.0 Å². The van der Waals surface area contributed by atoms with Crippen LogP contribution in [0.4, 0.5) is 0 Å². The molecule has 0 aliphatic carbocycles. The molecule has 4 heteroatoms. The van der Waals surface area contributed by atoms with Crippen molar-refractivity contribution in [2.75, 3.05) is 0 Å². The maximum atomic E-state index is 12.0. The number of rotatable bonds is 2. The highest BCUT2D eigenvalue weighted by Gasteiger charge is 2.22. The van der Waals surface area contributed by atoms with Crippen LogP contribution in [-0.4, -0.2) is 11.7 Å². The molecule has 4 nitrogen and oxygen atoms in total. The molecule has 2 aromatic rings. The Hall–Kier alpha value is -2.62. The minimum atomic E-state index is -0.216. The number of nitrogens with zero attached hydrogens (tertiary/aromatic N) is 1. The number of hydrogen-bond acceptors (Lipinski definition) is 3. The first-order valence-electron chi connectivity index (χ1n) is 7.20. The van der Waals surface area contributed by atoms with E-state index in [0.717, 1.165) is 5.56 Å². The third-order valence-electron chi connectivity index (χ3n) is 3.54. The van der Waals surface area contributed by atoms with Crippen LogP contribution in [0.5, 0.6) is 0 Å². The highest BCUT2D eigenvalue weighted by molar-refractivity contribution is 6.19. The number of furan rings is 1. The topological polar surface area (TPSA) is 54.6 Å². The standard InChI is InChI=1S/C18H18N2O2/c1-18(2,3)13-8-6-12(7-9-13)16-19-15(17(21)20-16)11-14-5-4-10-22-14/h4-11H,1-3H3,(H,19,20,21)/b15-11+. The van der Waals surface area contributed by atoms with Crippen molar-refractivity contribution in [3.63, 3.8) is 0 Å². The van der Waals surface area contributed by atoms with E-state index < -0.39 is 0 Å². The summed E-state index contributed by atoms with van der Waals surface area (Å²) in [6, 6.07) is 11.7. The Morgan fingerprint density at radius 3 is 2.45 bits per heavy atom. The van der Waals surface area contributed by atoms with Crippen LogP contribution in [0, 0.1) is 0 Å². The monoisotopic (exact) mass is 294 g/mol. The van der Waals surface area contributed by atoms with Gasteiger partial charge in [-0.25, -0.2) is 4.99 Å². The molecule has 0 saturated carbocycles. The van der Waals surface area contributed by atoms with E-state index in [1.165, 1.54) is 5.56 Å². The molecule has 0 fully saturated rings. The van der Waals surface area contributed by atoms with E-state index in [4.69, 9.17) is 4.42 Å². The molecule has 112 valence electrons. The van der Waals surface area contributed by atoms with Gasteiger partial charge in [-0.2, -0.15) is 0 Å². The summed E-state index contributed by atoms with van der Waals surface area (Å²) < 4.78 is 5.21. The predicted molar refractivity (Wildman–Crippen MR) is 86.5 cm³/mol. The van der Waals surface area contributed by atoms with E-state index >= 15 is 0 Å². The fourth-order valence-corrected chi connectivity index (χ4v) is 2.24. The minimum Gasteiger partial charge on any atom is -0.465 e. The molecule has 1 amide bonds. The summed E-state index contributed by atoms with van der Waals surface area (Å²) in [5.41, 5.74) is 2.59. The van der Waals surface area contributed by atoms with Crippen molar-refractivity contribution in [1.82, 2.24) is 5.32 Å². The predicted octanol–water partition coefficient (Wildman–Crippen LogP) is 3.49. The molecule has 0 unspecified atom stereocenters. The third kappa shape index (κ3) is 2.86. The maximum Gasteiger partial charge on any atom is 0.275 e. The van der Waals surface area contributed by atoms with Crippen molar-refractivity contribution in [2.24, 2.45) is 4.99 Å². The van der Waals surface area contributed by atoms with E-state index in [1.54, 1.807) is 24.5 Å². The van der Waals surface area contributed by atoms with Crippen LogP contribution in [-0.2, 0) is 10.2 Å². The Kier molecular flexibility index (Phi) is 3.45. The van der Waals surface area contributed by atoms with Gasteiger partial charge in [0, 0.05) is 11.6 Å². The van der Waals surface area contributed by atoms with Crippen molar-refractivity contribution in [3.05, 3.63) is 65.2 Å². The summed E-state index contributed by atoms with van der Waals surface area (Å²) >= 11 is 0. The molecule has 0 spiro atoms. The fraction of sp³-hybridized carbons (Fsp3) is 0.222. The molecule has 1 N–H and O–H groups in total. The summed E-state index contributed by atoms with van der Waals surface area (Å²) in [6.07, 6.45) is 3.20. The lowest BCUT2D eigenvalue weighted by atomic mass is 9.86. The zero-order valence-electron chi connectivity index (χ0n) is 12.9. The van der Waals surface area contributed by atoms with Crippen LogP contribution >= 0.6 is 0 Å². The van der Waals surface area contributed by atoms with E-state index in [9.17, 15) is 4.79 Å². The van der Waals surface area contributed by atoms with Gasteiger partial charge in [-0.3, -0.25) is 4.79 Å². The van der Waals surface area contributed by atoms with Crippen molar-refractivity contribution >= 4 is 17.8 Å². The van der Waals surface area contributed by atoms with Gasteiger partial charge in [-0.05, 0) is 23.1 Å². The lowest BCUT2D eigenvalue weighted by Crippen LogP contribution is -2.24. The Bertz CT molecular complexity index is 745. The van der Waals surface area contributed by atoms with Crippen LogP contribution in [0.15, 0.2) is 57.8 Å². The van der Waals surface area contributed by atoms with Gasteiger partial charge in [0.1, 0.15) is 17.3 Å².